The molecule has 4 aromatic rings. The average Bonchev–Trinajstić information content (AvgIpc) is 2.87. The minimum absolute atomic E-state index is 0.190. The van der Waals surface area contributed by atoms with Crippen molar-refractivity contribution in [3.63, 3.8) is 0 Å². The highest BCUT2D eigenvalue weighted by molar-refractivity contribution is 5.93. The summed E-state index contributed by atoms with van der Waals surface area (Å²) in [5, 5.41) is 15.7. The van der Waals surface area contributed by atoms with Crippen molar-refractivity contribution in [2.75, 3.05) is 0 Å². The molecule has 6 heteroatoms. The summed E-state index contributed by atoms with van der Waals surface area (Å²) in [7, 11) is 0. The number of nitrogens with one attached hydrogen (secondary N) is 1. The predicted octanol–water partition coefficient (Wildman–Crippen LogP) is 2.56. The summed E-state index contributed by atoms with van der Waals surface area (Å²) in [6.45, 7) is 3.81. The number of aromatic nitrogens is 4. The van der Waals surface area contributed by atoms with Crippen LogP contribution in [0.25, 0.3) is 27.8 Å². The zero-order valence-corrected chi connectivity index (χ0v) is 12.7. The van der Waals surface area contributed by atoms with Crippen LogP contribution in [-0.2, 0) is 0 Å². The number of hydrogen-bond acceptors (Lipinski definition) is 4. The molecular weight excluding hydrogens is 292 g/mol. The van der Waals surface area contributed by atoms with Crippen molar-refractivity contribution in [2.45, 2.75) is 13.8 Å². The van der Waals surface area contributed by atoms with Gasteiger partial charge < -0.3 is 10.1 Å². The van der Waals surface area contributed by atoms with E-state index in [2.05, 4.69) is 15.1 Å². The first-order chi connectivity index (χ1) is 11.1. The fraction of sp³-hybridized carbons (Fsp3) is 0.118. The number of nitrogens with zero attached hydrogens (tertiary/aromatic N) is 3. The van der Waals surface area contributed by atoms with E-state index < -0.39 is 0 Å². The fourth-order valence-electron chi connectivity index (χ4n) is 2.94. The lowest BCUT2D eigenvalue weighted by Gasteiger charge is -2.05. The molecule has 2 N–H and O–H groups in total. The van der Waals surface area contributed by atoms with E-state index in [9.17, 15) is 9.90 Å². The van der Waals surface area contributed by atoms with Gasteiger partial charge in [-0.25, -0.2) is 4.98 Å². The van der Waals surface area contributed by atoms with E-state index in [1.165, 1.54) is 4.52 Å². The van der Waals surface area contributed by atoms with Gasteiger partial charge in [0.15, 0.2) is 5.65 Å². The van der Waals surface area contributed by atoms with Crippen LogP contribution in [0.15, 0.2) is 41.2 Å². The molecule has 0 fully saturated rings. The Morgan fingerprint density at radius 3 is 2.65 bits per heavy atom. The van der Waals surface area contributed by atoms with E-state index >= 15 is 0 Å². The molecular formula is C17H14N4O2. The number of fused-ring (bicyclic) bond motifs is 3. The molecule has 0 atom stereocenters. The highest BCUT2D eigenvalue weighted by Crippen LogP contribution is 2.29. The van der Waals surface area contributed by atoms with Gasteiger partial charge >= 0.3 is 0 Å². The summed E-state index contributed by atoms with van der Waals surface area (Å²) >= 11 is 0. The molecule has 4 rings (SSSR count). The number of H-pyrrole nitrogens is 1. The summed E-state index contributed by atoms with van der Waals surface area (Å²) in [4.78, 5) is 19.7. The Balaban J connectivity index is 2.16. The van der Waals surface area contributed by atoms with Crippen molar-refractivity contribution in [2.24, 2.45) is 0 Å². The van der Waals surface area contributed by atoms with Gasteiger partial charge in [0.2, 0.25) is 5.88 Å². The molecule has 3 heterocycles. The standard InChI is InChI=1S/C17H14N4O2/c1-9-8-10(2)18-14-12(9)15-19-16(22)13(17(23)21(15)20-14)11-6-4-3-5-7-11/h3-8,23H,1-2H3,(H,19,22). The molecule has 3 aromatic heterocycles. The number of pyridine rings is 1. The zero-order valence-electron chi connectivity index (χ0n) is 12.7. The predicted molar refractivity (Wildman–Crippen MR) is 87.7 cm³/mol. The minimum atomic E-state index is -0.358. The topological polar surface area (TPSA) is 83.3 Å². The van der Waals surface area contributed by atoms with Gasteiger partial charge in [-0.1, -0.05) is 30.3 Å². The molecule has 0 radical (unpaired) electrons. The Bertz CT molecular complexity index is 1110. The molecule has 0 bridgehead atoms. The number of aromatic amines is 1. The number of aromatic hydroxyl groups is 1. The average molecular weight is 306 g/mol. The molecule has 0 aliphatic rings. The summed E-state index contributed by atoms with van der Waals surface area (Å²) in [5.74, 6) is -0.190. The Morgan fingerprint density at radius 1 is 1.17 bits per heavy atom. The largest absolute Gasteiger partial charge is 0.493 e. The number of rotatable bonds is 1. The lowest BCUT2D eigenvalue weighted by molar-refractivity contribution is 0.437. The molecule has 0 aliphatic heterocycles. The summed E-state index contributed by atoms with van der Waals surface area (Å²) in [6, 6.07) is 10.9. The van der Waals surface area contributed by atoms with Gasteiger partial charge in [0.25, 0.3) is 5.56 Å². The first-order valence-corrected chi connectivity index (χ1v) is 7.23. The van der Waals surface area contributed by atoms with Crippen molar-refractivity contribution < 1.29 is 5.11 Å². The van der Waals surface area contributed by atoms with E-state index in [-0.39, 0.29) is 17.0 Å². The van der Waals surface area contributed by atoms with Crippen LogP contribution < -0.4 is 5.56 Å². The number of benzene rings is 1. The minimum Gasteiger partial charge on any atom is -0.493 e. The molecule has 0 saturated carbocycles. The zero-order chi connectivity index (χ0) is 16.1. The Hall–Kier alpha value is -3.15. The van der Waals surface area contributed by atoms with Crippen LogP contribution in [0.3, 0.4) is 0 Å². The number of hydrogen-bond donors (Lipinski definition) is 2. The van der Waals surface area contributed by atoms with Crippen molar-refractivity contribution in [1.29, 1.82) is 0 Å². The van der Waals surface area contributed by atoms with Gasteiger partial charge in [0.1, 0.15) is 11.2 Å². The smallest absolute Gasteiger partial charge is 0.262 e. The third kappa shape index (κ3) is 1.92. The fourth-order valence-corrected chi connectivity index (χ4v) is 2.94. The van der Waals surface area contributed by atoms with Crippen LogP contribution in [0, 0.1) is 13.8 Å². The van der Waals surface area contributed by atoms with E-state index in [0.29, 0.717) is 16.9 Å². The second-order valence-corrected chi connectivity index (χ2v) is 5.56. The maximum absolute atomic E-state index is 12.5. The molecule has 114 valence electrons. The van der Waals surface area contributed by atoms with E-state index in [4.69, 9.17) is 0 Å². The van der Waals surface area contributed by atoms with Crippen LogP contribution in [0.4, 0.5) is 0 Å². The van der Waals surface area contributed by atoms with Gasteiger partial charge in [-0.2, -0.15) is 4.52 Å². The van der Waals surface area contributed by atoms with Gasteiger partial charge in [-0.05, 0) is 31.0 Å². The Morgan fingerprint density at radius 2 is 1.91 bits per heavy atom. The van der Waals surface area contributed by atoms with Crippen LogP contribution in [0.1, 0.15) is 11.3 Å². The first-order valence-electron chi connectivity index (χ1n) is 7.23. The molecule has 6 nitrogen and oxygen atoms in total. The van der Waals surface area contributed by atoms with Crippen LogP contribution in [-0.4, -0.2) is 24.7 Å². The molecule has 0 amide bonds. The summed E-state index contributed by atoms with van der Waals surface area (Å²) < 4.78 is 1.34. The van der Waals surface area contributed by atoms with Crippen molar-refractivity contribution in [3.05, 3.63) is 58.0 Å². The maximum Gasteiger partial charge on any atom is 0.262 e. The van der Waals surface area contributed by atoms with E-state index in [1.54, 1.807) is 12.1 Å². The van der Waals surface area contributed by atoms with E-state index in [0.717, 1.165) is 16.6 Å². The SMILES string of the molecule is Cc1cc(C)c2c(n1)nn1c(O)c(-c3ccccc3)c(=O)[nH]c21. The highest BCUT2D eigenvalue weighted by atomic mass is 16.3. The van der Waals surface area contributed by atoms with Crippen LogP contribution >= 0.6 is 0 Å². The first kappa shape index (κ1) is 13.5. The van der Waals surface area contributed by atoms with Gasteiger partial charge in [-0.15, -0.1) is 5.10 Å². The highest BCUT2D eigenvalue weighted by Gasteiger charge is 2.18. The normalized spacial score (nSPS) is 11.4. The van der Waals surface area contributed by atoms with Gasteiger partial charge in [-0.3, -0.25) is 4.79 Å². The molecule has 23 heavy (non-hydrogen) atoms. The van der Waals surface area contributed by atoms with Crippen LogP contribution in [0.5, 0.6) is 5.88 Å². The third-order valence-electron chi connectivity index (χ3n) is 3.91. The molecule has 0 unspecified atom stereocenters. The number of aryl methyl sites for hydroxylation is 2. The molecule has 0 saturated heterocycles. The van der Waals surface area contributed by atoms with Crippen molar-refractivity contribution in [1.82, 2.24) is 19.6 Å². The Labute approximate surface area is 131 Å². The lowest BCUT2D eigenvalue weighted by atomic mass is 10.1. The lowest BCUT2D eigenvalue weighted by Crippen LogP contribution is -2.12. The molecule has 0 aliphatic carbocycles. The second kappa shape index (κ2) is 4.67. The van der Waals surface area contributed by atoms with Crippen molar-refractivity contribution >= 4 is 16.7 Å². The Kier molecular flexibility index (Phi) is 2.74. The second-order valence-electron chi connectivity index (χ2n) is 5.56. The third-order valence-corrected chi connectivity index (χ3v) is 3.91. The summed E-state index contributed by atoms with van der Waals surface area (Å²) in [6.07, 6.45) is 0. The molecule has 1 aromatic carbocycles. The van der Waals surface area contributed by atoms with Crippen LogP contribution in [0.2, 0.25) is 0 Å². The van der Waals surface area contributed by atoms with Gasteiger partial charge in [0.05, 0.1) is 5.39 Å². The van der Waals surface area contributed by atoms with Crippen molar-refractivity contribution in [3.8, 4) is 17.0 Å². The van der Waals surface area contributed by atoms with Gasteiger partial charge in [0, 0.05) is 5.69 Å². The monoisotopic (exact) mass is 306 g/mol. The maximum atomic E-state index is 12.5. The quantitative estimate of drug-likeness (QED) is 0.566. The van der Waals surface area contributed by atoms with E-state index in [1.807, 2.05) is 38.1 Å². The molecule has 0 spiro atoms. The summed E-state index contributed by atoms with van der Waals surface area (Å²) in [5.41, 5.74) is 3.20.